The van der Waals surface area contributed by atoms with Gasteiger partial charge in [-0.2, -0.15) is 0 Å². The number of hydrogen-bond acceptors (Lipinski definition) is 2. The van der Waals surface area contributed by atoms with Gasteiger partial charge in [-0.05, 0) is 51.1 Å². The number of nitrogens with zero attached hydrogens (tertiary/aromatic N) is 1. The molecule has 2 nitrogen and oxygen atoms in total. The van der Waals surface area contributed by atoms with Gasteiger partial charge in [0.05, 0.1) is 0 Å². The second-order valence-corrected chi connectivity index (χ2v) is 6.25. The second kappa shape index (κ2) is 8.16. The van der Waals surface area contributed by atoms with Gasteiger partial charge in [0.2, 0.25) is 0 Å². The lowest BCUT2D eigenvalue weighted by Crippen LogP contribution is -2.45. The van der Waals surface area contributed by atoms with Gasteiger partial charge in [0.15, 0.2) is 0 Å². The average Bonchev–Trinajstić information content (AvgIpc) is 2.86. The van der Waals surface area contributed by atoms with E-state index >= 15 is 0 Å². The van der Waals surface area contributed by atoms with E-state index in [9.17, 15) is 0 Å². The van der Waals surface area contributed by atoms with Crippen molar-refractivity contribution in [2.45, 2.75) is 70.8 Å². The quantitative estimate of drug-likeness (QED) is 0.666. The van der Waals surface area contributed by atoms with E-state index in [-0.39, 0.29) is 0 Å². The number of likely N-dealkylation sites (tertiary alicyclic amines) is 1. The summed E-state index contributed by atoms with van der Waals surface area (Å²) >= 11 is 0. The normalized spacial score (nSPS) is 28.5. The molecule has 0 aromatic heterocycles. The van der Waals surface area contributed by atoms with Crippen LogP contribution in [0.5, 0.6) is 0 Å². The lowest BCUT2D eigenvalue weighted by atomic mass is 9.92. The molecule has 0 radical (unpaired) electrons. The molecule has 2 heteroatoms. The van der Waals surface area contributed by atoms with Crippen molar-refractivity contribution < 1.29 is 0 Å². The summed E-state index contributed by atoms with van der Waals surface area (Å²) in [4.78, 5) is 2.78. The number of rotatable bonds is 8. The van der Waals surface area contributed by atoms with Crippen LogP contribution in [0.4, 0.5) is 0 Å². The van der Waals surface area contributed by atoms with E-state index in [2.05, 4.69) is 17.1 Å². The summed E-state index contributed by atoms with van der Waals surface area (Å²) in [7, 11) is 0. The van der Waals surface area contributed by atoms with Crippen LogP contribution in [0.25, 0.3) is 0 Å². The molecule has 2 fully saturated rings. The molecule has 0 aromatic rings. The maximum absolute atomic E-state index is 3.63. The molecule has 0 amide bonds. The van der Waals surface area contributed by atoms with Crippen LogP contribution in [0.2, 0.25) is 0 Å². The standard InChI is InChI=1S/C16H32N2/c1-2-3-4-5-11-17-12-14-18-13-7-9-15-8-6-10-16(15)18/h15-17H,2-14H2,1H3. The molecule has 1 heterocycles. The average molecular weight is 252 g/mol. The third-order valence-electron chi connectivity index (χ3n) is 4.89. The molecule has 0 spiro atoms. The smallest absolute Gasteiger partial charge is 0.0124 e. The van der Waals surface area contributed by atoms with Crippen LogP contribution in [0, 0.1) is 5.92 Å². The minimum atomic E-state index is 0.945. The first-order valence-corrected chi connectivity index (χ1v) is 8.36. The molecule has 2 unspecified atom stereocenters. The zero-order valence-corrected chi connectivity index (χ0v) is 12.3. The van der Waals surface area contributed by atoms with Crippen molar-refractivity contribution in [3.05, 3.63) is 0 Å². The van der Waals surface area contributed by atoms with E-state index < -0.39 is 0 Å². The first kappa shape index (κ1) is 14.3. The van der Waals surface area contributed by atoms with Crippen molar-refractivity contribution in [3.8, 4) is 0 Å². The minimum absolute atomic E-state index is 0.945. The highest BCUT2D eigenvalue weighted by atomic mass is 15.2. The summed E-state index contributed by atoms with van der Waals surface area (Å²) in [6.07, 6.45) is 12.9. The number of piperidine rings is 1. The SMILES string of the molecule is CCCCCCNCCN1CCCC2CCCC21. The molecule has 1 saturated carbocycles. The molecule has 1 saturated heterocycles. The Morgan fingerprint density at radius 1 is 1.00 bits per heavy atom. The van der Waals surface area contributed by atoms with Crippen LogP contribution in [-0.4, -0.2) is 37.1 Å². The fourth-order valence-electron chi connectivity index (χ4n) is 3.86. The summed E-state index contributed by atoms with van der Waals surface area (Å²) in [6, 6.07) is 0.945. The summed E-state index contributed by atoms with van der Waals surface area (Å²) in [5, 5.41) is 3.63. The largest absolute Gasteiger partial charge is 0.315 e. The monoisotopic (exact) mass is 252 g/mol. The lowest BCUT2D eigenvalue weighted by molar-refractivity contribution is 0.114. The Labute approximate surface area is 114 Å². The van der Waals surface area contributed by atoms with Gasteiger partial charge in [-0.3, -0.25) is 4.90 Å². The molecular weight excluding hydrogens is 220 g/mol. The van der Waals surface area contributed by atoms with Gasteiger partial charge < -0.3 is 5.32 Å². The van der Waals surface area contributed by atoms with Crippen molar-refractivity contribution in [1.82, 2.24) is 10.2 Å². The summed E-state index contributed by atoms with van der Waals surface area (Å²) in [5.74, 6) is 1.04. The van der Waals surface area contributed by atoms with Crippen molar-refractivity contribution >= 4 is 0 Å². The highest BCUT2D eigenvalue weighted by molar-refractivity contribution is 4.89. The Kier molecular flexibility index (Phi) is 6.50. The Bertz CT molecular complexity index is 217. The third-order valence-corrected chi connectivity index (χ3v) is 4.89. The fourth-order valence-corrected chi connectivity index (χ4v) is 3.86. The Balaban J connectivity index is 1.53. The Morgan fingerprint density at radius 3 is 2.78 bits per heavy atom. The highest BCUT2D eigenvalue weighted by Gasteiger charge is 2.34. The van der Waals surface area contributed by atoms with Crippen molar-refractivity contribution in [2.75, 3.05) is 26.2 Å². The molecule has 2 atom stereocenters. The Morgan fingerprint density at radius 2 is 1.89 bits per heavy atom. The van der Waals surface area contributed by atoms with Crippen molar-refractivity contribution in [1.29, 1.82) is 0 Å². The number of fused-ring (bicyclic) bond motifs is 1. The molecular formula is C16H32N2. The molecule has 1 aliphatic heterocycles. The van der Waals surface area contributed by atoms with Crippen LogP contribution in [0.15, 0.2) is 0 Å². The van der Waals surface area contributed by atoms with Crippen LogP contribution in [-0.2, 0) is 0 Å². The van der Waals surface area contributed by atoms with Gasteiger partial charge in [-0.15, -0.1) is 0 Å². The molecule has 0 aromatic carbocycles. The minimum Gasteiger partial charge on any atom is -0.315 e. The van der Waals surface area contributed by atoms with E-state index in [0.717, 1.165) is 12.0 Å². The zero-order valence-electron chi connectivity index (χ0n) is 12.3. The van der Waals surface area contributed by atoms with E-state index in [1.165, 1.54) is 84.0 Å². The predicted octanol–water partition coefficient (Wildman–Crippen LogP) is 3.42. The Hall–Kier alpha value is -0.0800. The van der Waals surface area contributed by atoms with E-state index in [0.29, 0.717) is 0 Å². The van der Waals surface area contributed by atoms with E-state index in [4.69, 9.17) is 0 Å². The van der Waals surface area contributed by atoms with E-state index in [1.807, 2.05) is 0 Å². The topological polar surface area (TPSA) is 15.3 Å². The molecule has 2 rings (SSSR count). The molecule has 18 heavy (non-hydrogen) atoms. The predicted molar refractivity (Wildman–Crippen MR) is 78.9 cm³/mol. The van der Waals surface area contributed by atoms with Gasteiger partial charge in [0, 0.05) is 19.1 Å². The van der Waals surface area contributed by atoms with Crippen molar-refractivity contribution in [2.24, 2.45) is 5.92 Å². The third kappa shape index (κ3) is 4.24. The summed E-state index contributed by atoms with van der Waals surface area (Å²) in [5.41, 5.74) is 0. The first-order valence-electron chi connectivity index (χ1n) is 8.36. The maximum atomic E-state index is 3.63. The zero-order chi connectivity index (χ0) is 12.6. The van der Waals surface area contributed by atoms with Crippen LogP contribution in [0.1, 0.15) is 64.7 Å². The van der Waals surface area contributed by atoms with Crippen LogP contribution >= 0.6 is 0 Å². The van der Waals surface area contributed by atoms with Gasteiger partial charge in [-0.1, -0.05) is 32.6 Å². The van der Waals surface area contributed by atoms with Gasteiger partial charge in [0.1, 0.15) is 0 Å². The van der Waals surface area contributed by atoms with Gasteiger partial charge >= 0.3 is 0 Å². The van der Waals surface area contributed by atoms with Crippen molar-refractivity contribution in [3.63, 3.8) is 0 Å². The molecule has 1 N–H and O–H groups in total. The second-order valence-electron chi connectivity index (χ2n) is 6.25. The molecule has 2 aliphatic rings. The van der Waals surface area contributed by atoms with Crippen LogP contribution < -0.4 is 5.32 Å². The summed E-state index contributed by atoms with van der Waals surface area (Å²) < 4.78 is 0. The number of nitrogens with one attached hydrogen (secondary N) is 1. The fraction of sp³-hybridized carbons (Fsp3) is 1.00. The van der Waals surface area contributed by atoms with Gasteiger partial charge in [-0.25, -0.2) is 0 Å². The molecule has 1 aliphatic carbocycles. The van der Waals surface area contributed by atoms with Gasteiger partial charge in [0.25, 0.3) is 0 Å². The lowest BCUT2D eigenvalue weighted by Gasteiger charge is -2.37. The molecule has 0 bridgehead atoms. The van der Waals surface area contributed by atoms with Crippen LogP contribution in [0.3, 0.4) is 0 Å². The summed E-state index contributed by atoms with van der Waals surface area (Å²) in [6.45, 7) is 7.35. The number of hydrogen-bond donors (Lipinski definition) is 1. The molecule has 106 valence electrons. The number of unbranched alkanes of at least 4 members (excludes halogenated alkanes) is 3. The first-order chi connectivity index (χ1) is 8.92. The maximum Gasteiger partial charge on any atom is 0.0124 e. The van der Waals surface area contributed by atoms with E-state index in [1.54, 1.807) is 0 Å². The highest BCUT2D eigenvalue weighted by Crippen LogP contribution is 2.36.